The van der Waals surface area contributed by atoms with E-state index >= 15 is 0 Å². The van der Waals surface area contributed by atoms with Gasteiger partial charge in [0.1, 0.15) is 0 Å². The molecule has 0 aliphatic heterocycles. The molecule has 12 rings (SSSR count). The number of hydrogen-bond donors (Lipinski definition) is 0. The molecule has 1 heterocycles. The first kappa shape index (κ1) is 32.1. The van der Waals surface area contributed by atoms with Crippen LogP contribution in [0.25, 0.3) is 83.2 Å². The summed E-state index contributed by atoms with van der Waals surface area (Å²) < 4.78 is 0. The second-order valence-electron chi connectivity index (χ2n) is 16.0. The Hall–Kier alpha value is -7.19. The predicted molar refractivity (Wildman–Crippen MR) is 238 cm³/mol. The number of fused-ring (bicyclic) bond motifs is 3. The fourth-order valence-electron chi connectivity index (χ4n) is 10.7. The average molecular weight is 722 g/mol. The lowest BCUT2D eigenvalue weighted by atomic mass is 9.70. The van der Waals surface area contributed by atoms with Gasteiger partial charge in [0, 0.05) is 35.3 Å². The Morgan fingerprint density at radius 1 is 0.596 bits per heavy atom. The summed E-state index contributed by atoms with van der Waals surface area (Å²) in [5.74, 6) is 6.29. The molecule has 1 aromatic heterocycles. The monoisotopic (exact) mass is 721 g/mol. The molecule has 0 spiro atoms. The summed E-state index contributed by atoms with van der Waals surface area (Å²) in [5, 5.41) is 7.56. The first-order chi connectivity index (χ1) is 28.1. The van der Waals surface area contributed by atoms with E-state index in [1.807, 2.05) is 0 Å². The van der Waals surface area contributed by atoms with Crippen molar-refractivity contribution in [1.29, 1.82) is 0 Å². The number of benzene rings is 7. The maximum absolute atomic E-state index is 6.13. The first-order valence-electron chi connectivity index (χ1n) is 19.9. The zero-order chi connectivity index (χ0) is 37.8. The molecule has 1 heteroatoms. The topological polar surface area (TPSA) is 12.9 Å². The molecule has 1 nitrogen and oxygen atoms in total. The van der Waals surface area contributed by atoms with E-state index in [0.29, 0.717) is 12.8 Å². The van der Waals surface area contributed by atoms with Crippen LogP contribution in [0.2, 0.25) is 0 Å². The van der Waals surface area contributed by atoms with E-state index in [1.54, 1.807) is 0 Å². The predicted octanol–water partition coefficient (Wildman–Crippen LogP) is 13.4. The van der Waals surface area contributed by atoms with Gasteiger partial charge in [-0.1, -0.05) is 140 Å². The van der Waals surface area contributed by atoms with Gasteiger partial charge in [0.05, 0.1) is 11.4 Å². The van der Waals surface area contributed by atoms with Gasteiger partial charge in [-0.05, 0) is 118 Å². The fourth-order valence-corrected chi connectivity index (χ4v) is 10.7. The summed E-state index contributed by atoms with van der Waals surface area (Å²) in [7, 11) is 0. The van der Waals surface area contributed by atoms with Crippen LogP contribution in [-0.4, -0.2) is 4.98 Å². The third-order valence-electron chi connectivity index (χ3n) is 13.2. The van der Waals surface area contributed by atoms with Gasteiger partial charge in [-0.15, -0.1) is 24.7 Å². The summed E-state index contributed by atoms with van der Waals surface area (Å²) in [6.45, 7) is 0. The standard InChI is InChI=1S/C56H35N/c1-3-29-56(30-4-2)48-14-6-5-13-42(48)43-24-23-40(31-49(43)56)41-32-50(44-25-19-38-17-15-34-9-7-11-36-21-27-46(44)54(38)52(34)36)57-51(33-41)45-26-20-39-18-16-35-10-8-12-37-22-28-47(45)55(39)53(35)37/h1-2,5-17,19-28,31-33,53H,18,29-30H2. The highest BCUT2D eigenvalue weighted by molar-refractivity contribution is 6.25. The average Bonchev–Trinajstić information content (AvgIpc) is 3.53. The molecule has 0 fully saturated rings. The van der Waals surface area contributed by atoms with Crippen LogP contribution < -0.4 is 0 Å². The van der Waals surface area contributed by atoms with Gasteiger partial charge in [-0.2, -0.15) is 0 Å². The number of aromatic nitrogens is 1. The molecule has 0 N–H and O–H groups in total. The lowest BCUT2D eigenvalue weighted by Gasteiger charge is -2.34. The van der Waals surface area contributed by atoms with Crippen molar-refractivity contribution in [1.82, 2.24) is 4.98 Å². The summed E-state index contributed by atoms with van der Waals surface area (Å²) in [4.78, 5) is 5.62. The van der Waals surface area contributed by atoms with E-state index in [1.165, 1.54) is 82.4 Å². The summed E-state index contributed by atoms with van der Waals surface area (Å²) in [6.07, 6.45) is 28.0. The molecular weight excluding hydrogens is 687 g/mol. The van der Waals surface area contributed by atoms with Crippen molar-refractivity contribution in [2.75, 3.05) is 0 Å². The van der Waals surface area contributed by atoms with Gasteiger partial charge < -0.3 is 0 Å². The van der Waals surface area contributed by atoms with Crippen molar-refractivity contribution in [3.8, 4) is 69.5 Å². The normalized spacial score (nSPS) is 16.5. The number of rotatable bonds is 5. The van der Waals surface area contributed by atoms with E-state index in [2.05, 4.69) is 170 Å². The van der Waals surface area contributed by atoms with Crippen LogP contribution in [0.4, 0.5) is 0 Å². The van der Waals surface area contributed by atoms with Gasteiger partial charge in [0.15, 0.2) is 0 Å². The smallest absolute Gasteiger partial charge is 0.0721 e. The molecule has 4 aliphatic rings. The maximum Gasteiger partial charge on any atom is 0.0721 e. The highest BCUT2D eigenvalue weighted by Gasteiger charge is 2.42. The molecule has 0 radical (unpaired) electrons. The molecule has 7 aromatic carbocycles. The molecule has 1 atom stereocenters. The van der Waals surface area contributed by atoms with Crippen LogP contribution >= 0.6 is 0 Å². The Bertz CT molecular complexity index is 3260. The van der Waals surface area contributed by atoms with Gasteiger partial charge in [-0.3, -0.25) is 0 Å². The molecule has 4 aliphatic carbocycles. The third-order valence-corrected chi connectivity index (χ3v) is 13.2. The van der Waals surface area contributed by atoms with Crippen LogP contribution in [0.15, 0.2) is 163 Å². The number of terminal acetylenes is 2. The summed E-state index contributed by atoms with van der Waals surface area (Å²) >= 11 is 0. The second kappa shape index (κ2) is 11.9. The van der Waals surface area contributed by atoms with Gasteiger partial charge >= 0.3 is 0 Å². The van der Waals surface area contributed by atoms with Crippen LogP contribution in [0.3, 0.4) is 0 Å². The van der Waals surface area contributed by atoms with E-state index < -0.39 is 5.41 Å². The molecule has 0 bridgehead atoms. The van der Waals surface area contributed by atoms with Crippen molar-refractivity contribution in [2.24, 2.45) is 0 Å². The quantitative estimate of drug-likeness (QED) is 0.127. The molecular formula is C56H35N. The van der Waals surface area contributed by atoms with Crippen molar-refractivity contribution in [2.45, 2.75) is 30.6 Å². The van der Waals surface area contributed by atoms with Crippen molar-refractivity contribution >= 4 is 38.4 Å². The van der Waals surface area contributed by atoms with Crippen LogP contribution in [-0.2, 0) is 11.8 Å². The number of hydrogen-bond acceptors (Lipinski definition) is 1. The summed E-state index contributed by atoms with van der Waals surface area (Å²) in [6, 6.07) is 44.9. The first-order valence-corrected chi connectivity index (χ1v) is 19.9. The molecule has 0 amide bonds. The van der Waals surface area contributed by atoms with Gasteiger partial charge in [0.25, 0.3) is 0 Å². The van der Waals surface area contributed by atoms with E-state index in [-0.39, 0.29) is 5.92 Å². The fraction of sp³-hybridized carbons (Fsp3) is 0.0893. The summed E-state index contributed by atoms with van der Waals surface area (Å²) in [5.41, 5.74) is 17.7. The molecule has 0 saturated carbocycles. The molecule has 57 heavy (non-hydrogen) atoms. The Morgan fingerprint density at radius 3 is 2.16 bits per heavy atom. The second-order valence-corrected chi connectivity index (χ2v) is 16.0. The lowest BCUT2D eigenvalue weighted by Crippen LogP contribution is -2.24. The number of allylic oxidation sites excluding steroid dienone is 7. The van der Waals surface area contributed by atoms with Crippen LogP contribution in [0.5, 0.6) is 0 Å². The highest BCUT2D eigenvalue weighted by Crippen LogP contribution is 2.54. The number of nitrogens with zero attached hydrogens (tertiary/aromatic N) is 1. The van der Waals surface area contributed by atoms with Gasteiger partial charge in [0.2, 0.25) is 0 Å². The van der Waals surface area contributed by atoms with E-state index in [0.717, 1.165) is 40.1 Å². The Balaban J connectivity index is 1.12. The lowest BCUT2D eigenvalue weighted by molar-refractivity contribution is 0.560. The zero-order valence-corrected chi connectivity index (χ0v) is 31.3. The minimum absolute atomic E-state index is 0.262. The molecule has 0 saturated heterocycles. The molecule has 8 aromatic rings. The van der Waals surface area contributed by atoms with Crippen LogP contribution in [0, 0.1) is 24.7 Å². The van der Waals surface area contributed by atoms with E-state index in [9.17, 15) is 0 Å². The number of pyridine rings is 1. The minimum Gasteiger partial charge on any atom is -0.248 e. The molecule has 1 unspecified atom stereocenters. The minimum atomic E-state index is -0.450. The Kier molecular flexibility index (Phi) is 6.70. The Labute approximate surface area is 332 Å². The van der Waals surface area contributed by atoms with Crippen LogP contribution in [0.1, 0.15) is 46.6 Å². The van der Waals surface area contributed by atoms with Crippen molar-refractivity contribution in [3.63, 3.8) is 0 Å². The highest BCUT2D eigenvalue weighted by atomic mass is 14.7. The Morgan fingerprint density at radius 2 is 1.32 bits per heavy atom. The molecule has 264 valence electrons. The van der Waals surface area contributed by atoms with Crippen molar-refractivity contribution in [3.05, 3.63) is 191 Å². The zero-order valence-electron chi connectivity index (χ0n) is 31.3. The van der Waals surface area contributed by atoms with E-state index in [4.69, 9.17) is 17.8 Å². The van der Waals surface area contributed by atoms with Gasteiger partial charge in [-0.25, -0.2) is 4.98 Å². The maximum atomic E-state index is 6.13. The SMILES string of the molecule is C#CCC1(CC#C)c2ccccc2-c2ccc(-c3cc(-c4ccc5c6c4C=CC4=CC=CC(=CC5)C46)nc(-c4ccc5ccc6cccc7ccc4c5c67)c3)cc21. The third kappa shape index (κ3) is 4.46. The largest absolute Gasteiger partial charge is 0.248 e. The van der Waals surface area contributed by atoms with Crippen molar-refractivity contribution < 1.29 is 0 Å².